The third kappa shape index (κ3) is 89.3. The maximum Gasteiger partial charge on any atom is 0.0749 e. The van der Waals surface area contributed by atoms with E-state index in [1.165, 1.54) is 0 Å². The van der Waals surface area contributed by atoms with Gasteiger partial charge >= 0.3 is 0 Å². The van der Waals surface area contributed by atoms with Gasteiger partial charge in [0.1, 0.15) is 0 Å². The predicted molar refractivity (Wildman–Crippen MR) is 37.0 cm³/mol. The van der Waals surface area contributed by atoms with Crippen LogP contribution in [0.4, 0.5) is 0 Å². The number of rotatable bonds is 0. The Bertz CT molecular complexity index is 24.3. The molecule has 0 spiro atoms. The maximum atomic E-state index is 3.29. The van der Waals surface area contributed by atoms with Gasteiger partial charge in [0, 0.05) is 0 Å². The molecule has 0 unspecified atom stereocenters. The van der Waals surface area contributed by atoms with Gasteiger partial charge in [0.25, 0.3) is 0 Å². The molecule has 0 aromatic rings. The zero-order valence-electron chi connectivity index (χ0n) is 3.96. The quantitative estimate of drug-likeness (QED) is 0.624. The first-order chi connectivity index (χ1) is 2.00. The Morgan fingerprint density at radius 2 is 1.17 bits per heavy atom. The Morgan fingerprint density at radius 1 is 1.17 bits per heavy atom. The molecule has 0 saturated heterocycles. The second-order valence-electron chi connectivity index (χ2n) is 1.33. The van der Waals surface area contributed by atoms with E-state index in [4.69, 9.17) is 0 Å². The molecule has 0 aromatic heterocycles. The zero-order valence-corrected chi connectivity index (χ0v) is 7.14. The average Bonchev–Trinajstić information content (AvgIpc) is 0.722. The normalized spacial score (nSPS) is 10.0. The van der Waals surface area contributed by atoms with E-state index in [1.807, 2.05) is 13.8 Å². The van der Waals surface area contributed by atoms with Crippen molar-refractivity contribution in [3.8, 4) is 0 Å². The summed E-state index contributed by atoms with van der Waals surface area (Å²) in [5, 5.41) is 0. The Balaban J connectivity index is 0. The molecule has 0 aliphatic rings. The van der Waals surface area contributed by atoms with Crippen LogP contribution in [0.5, 0.6) is 0 Å². The van der Waals surface area contributed by atoms with E-state index in [1.54, 1.807) is 0 Å². The fraction of sp³-hybridized carbons (Fsp3) is 1.00. The van der Waals surface area contributed by atoms with Crippen molar-refractivity contribution >= 4 is 31.9 Å². The maximum absolute atomic E-state index is 3.29. The molecule has 3 N–H and O–H groups in total. The van der Waals surface area contributed by atoms with Gasteiger partial charge in [-0.3, -0.25) is 0 Å². The summed E-state index contributed by atoms with van der Waals surface area (Å²) in [5.41, 5.74) is 0. The second-order valence-corrected chi connectivity index (χ2v) is 6.36. The Labute approximate surface area is 55.3 Å². The van der Waals surface area contributed by atoms with Gasteiger partial charge in [-0.05, 0) is 13.8 Å². The molecule has 6 heavy (non-hydrogen) atoms. The minimum atomic E-state index is 0. The SMILES string of the molecule is CC(C)(Br)Br.N. The van der Waals surface area contributed by atoms with Crippen LogP contribution in [-0.2, 0) is 0 Å². The molecule has 0 heterocycles. The molecule has 0 rings (SSSR count). The van der Waals surface area contributed by atoms with Crippen LogP contribution in [0.15, 0.2) is 0 Å². The van der Waals surface area contributed by atoms with Gasteiger partial charge in [-0.25, -0.2) is 0 Å². The lowest BCUT2D eigenvalue weighted by molar-refractivity contribution is 1.08. The molecular weight excluding hydrogens is 210 g/mol. The molecule has 0 saturated carbocycles. The fourth-order valence-corrected chi connectivity index (χ4v) is 0. The first-order valence-corrected chi connectivity index (χ1v) is 2.96. The average molecular weight is 219 g/mol. The summed E-state index contributed by atoms with van der Waals surface area (Å²) in [6.07, 6.45) is 0. The van der Waals surface area contributed by atoms with Crippen LogP contribution in [0.3, 0.4) is 0 Å². The predicted octanol–water partition coefficient (Wildman–Crippen LogP) is 2.67. The lowest BCUT2D eigenvalue weighted by Gasteiger charge is -1.99. The van der Waals surface area contributed by atoms with Crippen LogP contribution in [0.1, 0.15) is 13.8 Å². The van der Waals surface area contributed by atoms with E-state index in [9.17, 15) is 0 Å². The van der Waals surface area contributed by atoms with Crippen molar-refractivity contribution in [1.29, 1.82) is 0 Å². The highest BCUT2D eigenvalue weighted by atomic mass is 79.9. The summed E-state index contributed by atoms with van der Waals surface area (Å²) in [5.74, 6) is 0. The van der Waals surface area contributed by atoms with Crippen molar-refractivity contribution in [2.24, 2.45) is 0 Å². The minimum Gasteiger partial charge on any atom is -0.344 e. The van der Waals surface area contributed by atoms with Crippen LogP contribution in [0.2, 0.25) is 0 Å². The molecule has 0 radical (unpaired) electrons. The molecule has 0 bridgehead atoms. The lowest BCUT2D eigenvalue weighted by atomic mass is 10.6. The van der Waals surface area contributed by atoms with E-state index in [0.717, 1.165) is 0 Å². The first-order valence-electron chi connectivity index (χ1n) is 1.38. The largest absolute Gasteiger partial charge is 0.344 e. The molecule has 0 aliphatic carbocycles. The van der Waals surface area contributed by atoms with E-state index in [0.29, 0.717) is 0 Å². The van der Waals surface area contributed by atoms with Gasteiger partial charge in [0.05, 0.1) is 3.23 Å². The van der Waals surface area contributed by atoms with Gasteiger partial charge in [0.2, 0.25) is 0 Å². The lowest BCUT2D eigenvalue weighted by Crippen LogP contribution is -1.91. The topological polar surface area (TPSA) is 35.0 Å². The number of alkyl halides is 2. The molecule has 0 amide bonds. The number of hydrogen-bond donors (Lipinski definition) is 1. The molecule has 0 aromatic carbocycles. The van der Waals surface area contributed by atoms with E-state index in [-0.39, 0.29) is 9.38 Å². The third-order valence-corrected chi connectivity index (χ3v) is 0. The monoisotopic (exact) mass is 217 g/mol. The van der Waals surface area contributed by atoms with Gasteiger partial charge in [0.15, 0.2) is 0 Å². The first kappa shape index (κ1) is 10.0. The minimum absolute atomic E-state index is 0. The van der Waals surface area contributed by atoms with Crippen LogP contribution >= 0.6 is 31.9 Å². The van der Waals surface area contributed by atoms with Crippen molar-refractivity contribution in [2.45, 2.75) is 17.1 Å². The molecule has 0 atom stereocenters. The summed E-state index contributed by atoms with van der Waals surface area (Å²) >= 11 is 6.58. The van der Waals surface area contributed by atoms with Crippen molar-refractivity contribution in [1.82, 2.24) is 6.15 Å². The van der Waals surface area contributed by atoms with Gasteiger partial charge in [-0.2, -0.15) is 0 Å². The summed E-state index contributed by atoms with van der Waals surface area (Å²) in [6, 6.07) is 0. The highest BCUT2D eigenvalue weighted by Crippen LogP contribution is 2.22. The number of hydrogen-bond acceptors (Lipinski definition) is 1. The van der Waals surface area contributed by atoms with E-state index >= 15 is 0 Å². The highest BCUT2D eigenvalue weighted by molar-refractivity contribution is 9.25. The smallest absolute Gasteiger partial charge is 0.0749 e. The number of halogens is 2. The fourth-order valence-electron chi connectivity index (χ4n) is 0. The summed E-state index contributed by atoms with van der Waals surface area (Å²) < 4.78 is 0.125. The van der Waals surface area contributed by atoms with Crippen LogP contribution < -0.4 is 6.15 Å². The molecule has 40 valence electrons. The summed E-state index contributed by atoms with van der Waals surface area (Å²) in [4.78, 5) is 0. The second kappa shape index (κ2) is 2.99. The molecule has 1 nitrogen and oxygen atoms in total. The van der Waals surface area contributed by atoms with Gasteiger partial charge in [-0.1, -0.05) is 31.9 Å². The Kier molecular flexibility index (Phi) is 5.00. The molecular formula is C3H9Br2N. The van der Waals surface area contributed by atoms with Crippen LogP contribution in [0, 0.1) is 0 Å². The van der Waals surface area contributed by atoms with E-state index < -0.39 is 0 Å². The standard InChI is InChI=1S/C3H6Br2.H3N/c1-3(2,4)5;/h1-2H3;1H3. The van der Waals surface area contributed by atoms with Crippen molar-refractivity contribution in [3.63, 3.8) is 0 Å². The van der Waals surface area contributed by atoms with Crippen molar-refractivity contribution in [3.05, 3.63) is 0 Å². The van der Waals surface area contributed by atoms with Crippen molar-refractivity contribution < 1.29 is 0 Å². The van der Waals surface area contributed by atoms with Gasteiger partial charge < -0.3 is 6.15 Å². The van der Waals surface area contributed by atoms with E-state index in [2.05, 4.69) is 31.9 Å². The van der Waals surface area contributed by atoms with Crippen LogP contribution in [0.25, 0.3) is 0 Å². The van der Waals surface area contributed by atoms with Gasteiger partial charge in [-0.15, -0.1) is 0 Å². The Morgan fingerprint density at radius 3 is 1.17 bits per heavy atom. The molecule has 0 fully saturated rings. The third-order valence-electron chi connectivity index (χ3n) is 0. The Hall–Kier alpha value is 0.920. The summed E-state index contributed by atoms with van der Waals surface area (Å²) in [7, 11) is 0. The van der Waals surface area contributed by atoms with Crippen molar-refractivity contribution in [2.75, 3.05) is 0 Å². The highest BCUT2D eigenvalue weighted by Gasteiger charge is 2.01. The summed E-state index contributed by atoms with van der Waals surface area (Å²) in [6.45, 7) is 4.04. The zero-order chi connectivity index (χ0) is 4.50. The molecule has 0 aliphatic heterocycles. The molecule has 3 heteroatoms. The van der Waals surface area contributed by atoms with Crippen LogP contribution in [-0.4, -0.2) is 3.23 Å².